The molecule has 3 N–H and O–H groups in total. The Kier molecular flexibility index (Phi) is 349. The average Bonchev–Trinajstić information content (AvgIpc) is 1.81. The van der Waals surface area contributed by atoms with Gasteiger partial charge < -0.3 is 16.2 Å². The molecular formula is H12N3NdSi3. The molecule has 7 heavy (non-hydrogen) atoms. The summed E-state index contributed by atoms with van der Waals surface area (Å²) in [6.07, 6.45) is 0. The molecule has 0 saturated carbocycles. The molecule has 0 amide bonds. The van der Waals surface area contributed by atoms with Gasteiger partial charge in [0.1, 0.15) is 0 Å². The summed E-state index contributed by atoms with van der Waals surface area (Å²) in [6, 6.07) is 0. The van der Waals surface area contributed by atoms with Gasteiger partial charge in [-0.25, -0.2) is 0 Å². The van der Waals surface area contributed by atoms with E-state index in [0.717, 1.165) is 0 Å². The van der Waals surface area contributed by atoms with Crippen LogP contribution >= 0.6 is 0 Å². The SMILES string of the molecule is [NH-][SiH3].[NH-][SiH3].[NH-][SiH3].[Nd+3]. The number of hydrogen-bond acceptors (Lipinski definition) is 0. The zero-order valence-corrected chi connectivity index (χ0v) is 14.2. The molecule has 0 rings (SSSR count). The van der Waals surface area contributed by atoms with Gasteiger partial charge in [0.25, 0.3) is 0 Å². The van der Waals surface area contributed by atoms with Gasteiger partial charge in [-0.1, -0.05) is 0 Å². The average molecular weight is 283 g/mol. The maximum atomic E-state index is 5.89. The van der Waals surface area contributed by atoms with E-state index in [0.29, 0.717) is 31.2 Å². The summed E-state index contributed by atoms with van der Waals surface area (Å²) in [5.74, 6) is 0. The Morgan fingerprint density at radius 2 is 0.571 bits per heavy atom. The van der Waals surface area contributed by atoms with E-state index in [9.17, 15) is 0 Å². The summed E-state index contributed by atoms with van der Waals surface area (Å²) in [7, 11) is 1.67. The topological polar surface area (TPSA) is 71.4 Å². The van der Waals surface area contributed by atoms with Crippen molar-refractivity contribution in [1.82, 2.24) is 0 Å². The number of rotatable bonds is 0. The molecule has 0 aromatic rings. The Bertz CT molecular complexity index is 10.1. The molecule has 0 spiro atoms. The third-order valence-corrected chi connectivity index (χ3v) is 0. The monoisotopic (exact) mass is 280 g/mol. The van der Waals surface area contributed by atoms with Crippen LogP contribution in [0.1, 0.15) is 0 Å². The summed E-state index contributed by atoms with van der Waals surface area (Å²) in [5.41, 5.74) is 0. The molecule has 3 nitrogen and oxygen atoms in total. The van der Waals surface area contributed by atoms with Crippen molar-refractivity contribution in [1.29, 1.82) is 0 Å². The summed E-state index contributed by atoms with van der Waals surface area (Å²) >= 11 is 0. The van der Waals surface area contributed by atoms with Gasteiger partial charge in [0.2, 0.25) is 0 Å². The molecule has 0 aliphatic rings. The smallest absolute Gasteiger partial charge is 0.687 e. The summed E-state index contributed by atoms with van der Waals surface area (Å²) in [6.45, 7) is 0. The maximum Gasteiger partial charge on any atom is 3.00 e. The van der Waals surface area contributed by atoms with Gasteiger partial charge in [-0.15, -0.1) is 31.2 Å². The zero-order valence-electron chi connectivity index (χ0n) is 5.00. The Labute approximate surface area is 87.2 Å². The first-order valence-electron chi connectivity index (χ1n) is 1.50. The van der Waals surface area contributed by atoms with Gasteiger partial charge in [-0.2, -0.15) is 0 Å². The molecule has 0 atom stereocenters. The van der Waals surface area contributed by atoms with Crippen molar-refractivity contribution in [2.75, 3.05) is 0 Å². The molecule has 0 aromatic carbocycles. The molecule has 0 aliphatic heterocycles. The van der Waals surface area contributed by atoms with E-state index in [-0.39, 0.29) is 40.8 Å². The van der Waals surface area contributed by atoms with Gasteiger partial charge in [-0.3, -0.25) is 0 Å². The Morgan fingerprint density at radius 1 is 0.571 bits per heavy atom. The van der Waals surface area contributed by atoms with E-state index in [1.165, 1.54) is 0 Å². The van der Waals surface area contributed by atoms with Crippen LogP contribution in [-0.4, -0.2) is 31.2 Å². The second kappa shape index (κ2) is 105. The van der Waals surface area contributed by atoms with Crippen LogP contribution in [0.5, 0.6) is 0 Å². The van der Waals surface area contributed by atoms with Gasteiger partial charge in [0.05, 0.1) is 0 Å². The quantitative estimate of drug-likeness (QED) is 0.459. The fraction of sp³-hybridized carbons (Fsp3) is 0. The first kappa shape index (κ1) is 23.2. The van der Waals surface area contributed by atoms with Crippen LogP contribution in [0.3, 0.4) is 0 Å². The zero-order chi connectivity index (χ0) is 6.00. The van der Waals surface area contributed by atoms with Crippen molar-refractivity contribution in [3.8, 4) is 0 Å². The minimum absolute atomic E-state index is 0. The van der Waals surface area contributed by atoms with Crippen LogP contribution < -0.4 is 0 Å². The fourth-order valence-corrected chi connectivity index (χ4v) is 0. The second-order valence-corrected chi connectivity index (χ2v) is 0. The van der Waals surface area contributed by atoms with Gasteiger partial charge in [0.15, 0.2) is 0 Å². The summed E-state index contributed by atoms with van der Waals surface area (Å²) < 4.78 is 0. The molecule has 7 heteroatoms. The minimum Gasteiger partial charge on any atom is -0.687 e. The van der Waals surface area contributed by atoms with Crippen LogP contribution in [0.4, 0.5) is 0 Å². The predicted octanol–water partition coefficient (Wildman–Crippen LogP) is -2.04. The third-order valence-electron chi connectivity index (χ3n) is 0. The van der Waals surface area contributed by atoms with Gasteiger partial charge in [0, 0.05) is 0 Å². The Balaban J connectivity index is -0.00000000900. The van der Waals surface area contributed by atoms with E-state index in [2.05, 4.69) is 0 Å². The van der Waals surface area contributed by atoms with Crippen LogP contribution in [0.25, 0.3) is 16.2 Å². The molecule has 0 fully saturated rings. The first-order valence-corrected chi connectivity index (χ1v) is 4.50. The predicted molar refractivity (Wildman–Crippen MR) is 42.8 cm³/mol. The minimum atomic E-state index is 0. The normalized spacial score (nSPS) is 3.86. The van der Waals surface area contributed by atoms with Crippen LogP contribution in [0.15, 0.2) is 0 Å². The van der Waals surface area contributed by atoms with E-state index in [1.807, 2.05) is 0 Å². The van der Waals surface area contributed by atoms with Crippen molar-refractivity contribution in [2.45, 2.75) is 0 Å². The molecule has 0 bridgehead atoms. The van der Waals surface area contributed by atoms with Crippen molar-refractivity contribution >= 4 is 31.2 Å². The number of nitrogens with one attached hydrogen (secondary N) is 3. The standard InChI is InChI=1S/3H4NSi.Nd/c3*1-2;/h3*1H,2H3;/q3*-1;+3. The molecule has 0 heterocycles. The van der Waals surface area contributed by atoms with E-state index in [1.54, 1.807) is 0 Å². The van der Waals surface area contributed by atoms with Crippen LogP contribution in [0, 0.1) is 40.8 Å². The Hall–Kier alpha value is 1.88. The van der Waals surface area contributed by atoms with Crippen LogP contribution in [0.2, 0.25) is 0 Å². The first-order chi connectivity index (χ1) is 3.00. The van der Waals surface area contributed by atoms with E-state index < -0.39 is 0 Å². The van der Waals surface area contributed by atoms with Crippen molar-refractivity contribution in [3.63, 3.8) is 0 Å². The Morgan fingerprint density at radius 3 is 0.571 bits per heavy atom. The molecule has 0 aromatic heterocycles. The van der Waals surface area contributed by atoms with Crippen molar-refractivity contribution < 1.29 is 40.8 Å². The van der Waals surface area contributed by atoms with E-state index in [4.69, 9.17) is 16.2 Å². The van der Waals surface area contributed by atoms with E-state index >= 15 is 0 Å². The molecule has 43 valence electrons. The van der Waals surface area contributed by atoms with Crippen molar-refractivity contribution in [2.24, 2.45) is 0 Å². The third kappa shape index (κ3) is 77.0. The van der Waals surface area contributed by atoms with Gasteiger partial charge >= 0.3 is 40.8 Å². The molecular weight excluding hydrogens is 271 g/mol. The molecule has 0 saturated heterocycles. The fourth-order valence-electron chi connectivity index (χ4n) is 0. The summed E-state index contributed by atoms with van der Waals surface area (Å²) in [4.78, 5) is 0. The molecule has 1 radical (unpaired) electrons. The molecule has 0 unspecified atom stereocenters. The second-order valence-electron chi connectivity index (χ2n) is 0. The maximum absolute atomic E-state index is 5.89. The van der Waals surface area contributed by atoms with Gasteiger partial charge in [-0.05, 0) is 0 Å². The molecule has 0 aliphatic carbocycles. The number of hydrogen-bond donors (Lipinski definition) is 0. The summed E-state index contributed by atoms with van der Waals surface area (Å²) in [5, 5.41) is 17.7. The van der Waals surface area contributed by atoms with Crippen LogP contribution in [-0.2, 0) is 0 Å². The largest absolute Gasteiger partial charge is 3.00 e. The van der Waals surface area contributed by atoms with Crippen molar-refractivity contribution in [3.05, 3.63) is 16.2 Å².